The van der Waals surface area contributed by atoms with Crippen LogP contribution in [-0.4, -0.2) is 15.7 Å². The fraction of sp³-hybridized carbons (Fsp3) is 0. The van der Waals surface area contributed by atoms with Gasteiger partial charge in [-0.3, -0.25) is 19.7 Å². The Morgan fingerprint density at radius 1 is 1.29 bits per heavy atom. The Labute approximate surface area is 138 Å². The fourth-order valence-electron chi connectivity index (χ4n) is 2.01. The van der Waals surface area contributed by atoms with Gasteiger partial charge in [-0.2, -0.15) is 0 Å². The van der Waals surface area contributed by atoms with Crippen LogP contribution in [0.15, 0.2) is 51.9 Å². The molecule has 0 aliphatic carbocycles. The number of nitrogens with one attached hydrogen (secondary N) is 1. The van der Waals surface area contributed by atoms with Gasteiger partial charge in [-0.1, -0.05) is 12.1 Å². The lowest BCUT2D eigenvalue weighted by atomic mass is 10.2. The molecule has 1 N–H and O–H groups in total. The average Bonchev–Trinajstić information content (AvgIpc) is 3.18. The first-order valence-electron chi connectivity index (χ1n) is 6.78. The predicted molar refractivity (Wildman–Crippen MR) is 88.4 cm³/mol. The molecule has 0 aliphatic rings. The number of nitrogens with zero attached hydrogens (tertiary/aromatic N) is 1. The third-order valence-corrected chi connectivity index (χ3v) is 4.05. The van der Waals surface area contributed by atoms with Crippen LogP contribution in [0.2, 0.25) is 0 Å². The molecule has 2 aromatic heterocycles. The lowest BCUT2D eigenvalue weighted by Crippen LogP contribution is -2.20. The van der Waals surface area contributed by atoms with Crippen molar-refractivity contribution in [3.05, 3.63) is 83.6 Å². The number of benzene rings is 1. The van der Waals surface area contributed by atoms with Gasteiger partial charge >= 0.3 is 0 Å². The Hall–Kier alpha value is -3.26. The van der Waals surface area contributed by atoms with Crippen molar-refractivity contribution in [2.45, 2.75) is 0 Å². The zero-order chi connectivity index (χ0) is 17.1. The van der Waals surface area contributed by atoms with E-state index in [2.05, 4.69) is 4.98 Å². The number of furan rings is 1. The summed E-state index contributed by atoms with van der Waals surface area (Å²) in [5.41, 5.74) is 0.0991. The molecule has 1 aromatic carbocycles. The van der Waals surface area contributed by atoms with Crippen molar-refractivity contribution in [2.75, 3.05) is 0 Å². The topological polar surface area (TPSA) is 106 Å². The Morgan fingerprint density at radius 3 is 2.83 bits per heavy atom. The number of ketones is 1. The van der Waals surface area contributed by atoms with E-state index in [9.17, 15) is 19.7 Å². The molecule has 0 aliphatic heterocycles. The van der Waals surface area contributed by atoms with E-state index in [0.717, 1.165) is 11.3 Å². The molecule has 2 heterocycles. The third-order valence-electron chi connectivity index (χ3n) is 3.09. The van der Waals surface area contributed by atoms with Crippen LogP contribution in [0.4, 0.5) is 5.69 Å². The highest BCUT2D eigenvalue weighted by molar-refractivity contribution is 7.07. The van der Waals surface area contributed by atoms with Crippen LogP contribution in [0.3, 0.4) is 0 Å². The standard InChI is InChI=1S/C16H10N2O5S/c19-12(13-5-2-6-23-13)9-15-17-16(20)14(24-15)8-10-3-1-4-11(7-10)18(21)22/h1-9H,(H,17,20). The molecule has 0 saturated heterocycles. The van der Waals surface area contributed by atoms with Crippen LogP contribution in [0, 0.1) is 10.1 Å². The van der Waals surface area contributed by atoms with Crippen LogP contribution >= 0.6 is 11.3 Å². The van der Waals surface area contributed by atoms with Gasteiger partial charge in [0.05, 0.1) is 20.4 Å². The molecule has 120 valence electrons. The van der Waals surface area contributed by atoms with Crippen LogP contribution in [-0.2, 0) is 0 Å². The molecule has 0 saturated carbocycles. The molecular formula is C16H10N2O5S. The number of carbonyl (C=O) groups is 1. The first kappa shape index (κ1) is 15.6. The number of hydrogen-bond acceptors (Lipinski definition) is 6. The minimum atomic E-state index is -0.503. The first-order valence-corrected chi connectivity index (χ1v) is 7.59. The van der Waals surface area contributed by atoms with E-state index >= 15 is 0 Å². The van der Waals surface area contributed by atoms with Crippen molar-refractivity contribution in [1.82, 2.24) is 4.98 Å². The second kappa shape index (κ2) is 6.47. The van der Waals surface area contributed by atoms with Gasteiger partial charge in [-0.05, 0) is 23.8 Å². The number of H-pyrrole nitrogens is 1. The zero-order valence-corrected chi connectivity index (χ0v) is 12.9. The lowest BCUT2D eigenvalue weighted by molar-refractivity contribution is -0.384. The second-order valence-electron chi connectivity index (χ2n) is 4.77. The van der Waals surface area contributed by atoms with Crippen LogP contribution in [0.25, 0.3) is 12.2 Å². The van der Waals surface area contributed by atoms with Gasteiger partial charge in [0.25, 0.3) is 11.2 Å². The normalized spacial score (nSPS) is 12.5. The molecule has 0 radical (unpaired) electrons. The zero-order valence-electron chi connectivity index (χ0n) is 12.1. The number of nitro benzene ring substituents is 1. The van der Waals surface area contributed by atoms with Gasteiger partial charge in [0, 0.05) is 18.2 Å². The number of aromatic nitrogens is 1. The van der Waals surface area contributed by atoms with Crippen molar-refractivity contribution in [3.8, 4) is 0 Å². The fourth-order valence-corrected chi connectivity index (χ4v) is 2.90. The van der Waals surface area contributed by atoms with Gasteiger partial charge < -0.3 is 9.40 Å². The largest absolute Gasteiger partial charge is 0.461 e. The van der Waals surface area contributed by atoms with Crippen molar-refractivity contribution >= 4 is 35.0 Å². The molecule has 0 bridgehead atoms. The summed E-state index contributed by atoms with van der Waals surface area (Å²) < 4.78 is 5.71. The van der Waals surface area contributed by atoms with E-state index in [4.69, 9.17) is 4.42 Å². The summed E-state index contributed by atoms with van der Waals surface area (Å²) in [6, 6.07) is 9.07. The summed E-state index contributed by atoms with van der Waals surface area (Å²) >= 11 is 1.08. The van der Waals surface area contributed by atoms with Gasteiger partial charge in [0.15, 0.2) is 5.76 Å². The van der Waals surface area contributed by atoms with E-state index in [1.54, 1.807) is 18.2 Å². The molecule has 7 nitrogen and oxygen atoms in total. The smallest absolute Gasteiger partial charge is 0.270 e. The molecule has 0 spiro atoms. The van der Waals surface area contributed by atoms with Gasteiger partial charge in [0.1, 0.15) is 0 Å². The molecule has 0 atom stereocenters. The second-order valence-corrected chi connectivity index (χ2v) is 5.85. The number of aromatic amines is 1. The Balaban J connectivity index is 2.00. The van der Waals surface area contributed by atoms with Crippen LogP contribution in [0.1, 0.15) is 16.1 Å². The van der Waals surface area contributed by atoms with E-state index in [1.165, 1.54) is 36.6 Å². The van der Waals surface area contributed by atoms with Crippen LogP contribution < -0.4 is 14.8 Å². The summed E-state index contributed by atoms with van der Waals surface area (Å²) in [6.45, 7) is 0. The van der Waals surface area contributed by atoms with E-state index in [1.807, 2.05) is 0 Å². The van der Waals surface area contributed by atoms with Gasteiger partial charge in [-0.25, -0.2) is 0 Å². The molecule has 3 aromatic rings. The average molecular weight is 342 g/mol. The summed E-state index contributed by atoms with van der Waals surface area (Å²) in [5, 5.41) is 10.8. The maximum Gasteiger partial charge on any atom is 0.270 e. The van der Waals surface area contributed by atoms with Gasteiger partial charge in [-0.15, -0.1) is 11.3 Å². The number of non-ortho nitro benzene ring substituents is 1. The van der Waals surface area contributed by atoms with Crippen molar-refractivity contribution in [3.63, 3.8) is 0 Å². The van der Waals surface area contributed by atoms with Gasteiger partial charge in [0.2, 0.25) is 5.78 Å². The summed E-state index contributed by atoms with van der Waals surface area (Å²) in [5.74, 6) is -0.187. The summed E-state index contributed by atoms with van der Waals surface area (Å²) in [4.78, 5) is 36.7. The summed E-state index contributed by atoms with van der Waals surface area (Å²) in [6.07, 6.45) is 4.20. The SMILES string of the molecule is O=C(C=c1[nH]c(=O)c(=Cc2cccc([N+](=O)[O-])c2)s1)c1ccco1. The third kappa shape index (κ3) is 3.39. The number of rotatable bonds is 4. The molecule has 8 heteroatoms. The van der Waals surface area contributed by atoms with E-state index < -0.39 is 4.92 Å². The Kier molecular flexibility index (Phi) is 4.21. The van der Waals surface area contributed by atoms with Crippen molar-refractivity contribution < 1.29 is 14.1 Å². The van der Waals surface area contributed by atoms with Crippen molar-refractivity contribution in [1.29, 1.82) is 0 Å². The molecule has 3 rings (SSSR count). The highest BCUT2D eigenvalue weighted by Gasteiger charge is 2.06. The number of nitro groups is 1. The van der Waals surface area contributed by atoms with E-state index in [0.29, 0.717) is 14.8 Å². The number of Topliss-reactive ketones (excluding diaryl/α,β-unsaturated/α-hetero) is 1. The number of carbonyl (C=O) groups excluding carboxylic acids is 1. The quantitative estimate of drug-likeness (QED) is 0.438. The Morgan fingerprint density at radius 2 is 2.12 bits per heavy atom. The monoisotopic (exact) mass is 342 g/mol. The van der Waals surface area contributed by atoms with Crippen LogP contribution in [0.5, 0.6) is 0 Å². The first-order chi connectivity index (χ1) is 11.5. The van der Waals surface area contributed by atoms with Crippen molar-refractivity contribution in [2.24, 2.45) is 0 Å². The highest BCUT2D eigenvalue weighted by atomic mass is 32.1. The van der Waals surface area contributed by atoms with E-state index in [-0.39, 0.29) is 22.8 Å². The maximum absolute atomic E-state index is 12.0. The lowest BCUT2D eigenvalue weighted by Gasteiger charge is -1.92. The number of hydrogen-bond donors (Lipinski definition) is 1. The molecule has 0 fully saturated rings. The highest BCUT2D eigenvalue weighted by Crippen LogP contribution is 2.13. The molecular weight excluding hydrogens is 332 g/mol. The maximum atomic E-state index is 12.0. The number of thiazole rings is 1. The molecule has 24 heavy (non-hydrogen) atoms. The predicted octanol–water partition coefficient (Wildman–Crippen LogP) is 1.43. The minimum Gasteiger partial charge on any atom is -0.461 e. The molecule has 0 amide bonds. The minimum absolute atomic E-state index is 0.0588. The summed E-state index contributed by atoms with van der Waals surface area (Å²) in [7, 11) is 0. The Bertz CT molecular complexity index is 1080. The molecule has 0 unspecified atom stereocenters.